The van der Waals surface area contributed by atoms with Crippen LogP contribution in [0.3, 0.4) is 0 Å². The van der Waals surface area contributed by atoms with E-state index < -0.39 is 29.6 Å². The number of hydrogen-bond donors (Lipinski definition) is 2. The van der Waals surface area contributed by atoms with Crippen LogP contribution in [0.1, 0.15) is 27.9 Å². The SMILES string of the molecule is Cc1ccc(NC(=O)CC2C(=O)N(Cc3ccccc3)C(=S)N2NC(=O)c2cccc(F)c2)cc1Cl. The van der Waals surface area contributed by atoms with Gasteiger partial charge in [0.2, 0.25) is 5.91 Å². The number of amides is 3. The van der Waals surface area contributed by atoms with Crippen LogP contribution in [0.4, 0.5) is 10.1 Å². The van der Waals surface area contributed by atoms with Crippen molar-refractivity contribution in [3.05, 3.63) is 100 Å². The van der Waals surface area contributed by atoms with Crippen molar-refractivity contribution in [2.75, 3.05) is 5.32 Å². The molecule has 0 aromatic heterocycles. The van der Waals surface area contributed by atoms with E-state index in [9.17, 15) is 18.8 Å². The molecule has 1 aliphatic heterocycles. The maximum Gasteiger partial charge on any atom is 0.269 e. The normalized spacial score (nSPS) is 15.2. The van der Waals surface area contributed by atoms with E-state index in [0.717, 1.165) is 17.2 Å². The molecule has 1 fully saturated rings. The highest BCUT2D eigenvalue weighted by Crippen LogP contribution is 2.24. The van der Waals surface area contributed by atoms with Crippen LogP contribution in [-0.2, 0) is 16.1 Å². The second-order valence-corrected chi connectivity index (χ2v) is 9.02. The van der Waals surface area contributed by atoms with Crippen molar-refractivity contribution >= 4 is 52.3 Å². The number of benzene rings is 3. The van der Waals surface area contributed by atoms with Crippen LogP contribution >= 0.6 is 23.8 Å². The summed E-state index contributed by atoms with van der Waals surface area (Å²) in [5.41, 5.74) is 4.77. The summed E-state index contributed by atoms with van der Waals surface area (Å²) in [6, 6.07) is 18.3. The van der Waals surface area contributed by atoms with Crippen molar-refractivity contribution in [1.29, 1.82) is 0 Å². The Morgan fingerprint density at radius 1 is 1.06 bits per heavy atom. The van der Waals surface area contributed by atoms with Crippen molar-refractivity contribution in [3.63, 3.8) is 0 Å². The molecule has 4 rings (SSSR count). The third kappa shape index (κ3) is 5.69. The molecule has 0 spiro atoms. The van der Waals surface area contributed by atoms with Gasteiger partial charge in [0.25, 0.3) is 11.8 Å². The van der Waals surface area contributed by atoms with E-state index in [1.165, 1.54) is 28.1 Å². The highest BCUT2D eigenvalue weighted by molar-refractivity contribution is 7.80. The highest BCUT2D eigenvalue weighted by Gasteiger charge is 2.44. The summed E-state index contributed by atoms with van der Waals surface area (Å²) in [6.07, 6.45) is -0.292. The van der Waals surface area contributed by atoms with Gasteiger partial charge < -0.3 is 5.32 Å². The minimum atomic E-state index is -1.10. The van der Waals surface area contributed by atoms with Crippen molar-refractivity contribution in [2.24, 2.45) is 0 Å². The lowest BCUT2D eigenvalue weighted by atomic mass is 10.1. The molecule has 1 unspecified atom stereocenters. The summed E-state index contributed by atoms with van der Waals surface area (Å²) in [5, 5.41) is 4.44. The van der Waals surface area contributed by atoms with Crippen LogP contribution in [0.2, 0.25) is 5.02 Å². The van der Waals surface area contributed by atoms with E-state index in [0.29, 0.717) is 10.7 Å². The van der Waals surface area contributed by atoms with Crippen molar-refractivity contribution in [1.82, 2.24) is 15.3 Å². The smallest absolute Gasteiger partial charge is 0.269 e. The van der Waals surface area contributed by atoms with Gasteiger partial charge in [0, 0.05) is 16.3 Å². The van der Waals surface area contributed by atoms with Gasteiger partial charge in [-0.2, -0.15) is 0 Å². The number of nitrogens with zero attached hydrogens (tertiary/aromatic N) is 2. The minimum absolute atomic E-state index is 0.0322. The summed E-state index contributed by atoms with van der Waals surface area (Å²) < 4.78 is 13.6. The molecule has 3 aromatic rings. The number of nitrogens with one attached hydrogen (secondary N) is 2. The molecule has 3 amide bonds. The lowest BCUT2D eigenvalue weighted by molar-refractivity contribution is -0.131. The first kappa shape index (κ1) is 25.3. The second-order valence-electron chi connectivity index (χ2n) is 8.25. The third-order valence-corrected chi connectivity index (χ3v) is 6.45. The lowest BCUT2D eigenvalue weighted by Crippen LogP contribution is -2.49. The Morgan fingerprint density at radius 2 is 1.81 bits per heavy atom. The second kappa shape index (κ2) is 10.8. The Labute approximate surface area is 217 Å². The topological polar surface area (TPSA) is 81.8 Å². The predicted octanol–water partition coefficient (Wildman–Crippen LogP) is 4.46. The van der Waals surface area contributed by atoms with Gasteiger partial charge in [0.05, 0.1) is 13.0 Å². The van der Waals surface area contributed by atoms with Crippen LogP contribution in [0.25, 0.3) is 0 Å². The number of anilines is 1. The van der Waals surface area contributed by atoms with Gasteiger partial charge in [-0.1, -0.05) is 54.1 Å². The van der Waals surface area contributed by atoms with Crippen LogP contribution in [0.5, 0.6) is 0 Å². The number of aryl methyl sites for hydroxylation is 1. The number of hydrazine groups is 1. The molecule has 1 aliphatic rings. The van der Waals surface area contributed by atoms with Gasteiger partial charge in [-0.3, -0.25) is 24.7 Å². The zero-order valence-electron chi connectivity index (χ0n) is 19.2. The number of halogens is 2. The first-order valence-electron chi connectivity index (χ1n) is 11.0. The quantitative estimate of drug-likeness (QED) is 0.446. The molecule has 1 heterocycles. The van der Waals surface area contributed by atoms with Gasteiger partial charge in [0.15, 0.2) is 5.11 Å². The van der Waals surface area contributed by atoms with Crippen LogP contribution in [-0.4, -0.2) is 38.8 Å². The minimum Gasteiger partial charge on any atom is -0.326 e. The first-order chi connectivity index (χ1) is 17.2. The molecule has 1 saturated heterocycles. The molecule has 7 nitrogen and oxygen atoms in total. The summed E-state index contributed by atoms with van der Waals surface area (Å²) in [6.45, 7) is 2.00. The van der Waals surface area contributed by atoms with Gasteiger partial charge in [0.1, 0.15) is 11.9 Å². The van der Waals surface area contributed by atoms with Gasteiger partial charge in [-0.25, -0.2) is 9.40 Å². The number of rotatable bonds is 7. The van der Waals surface area contributed by atoms with Crippen LogP contribution in [0.15, 0.2) is 72.8 Å². The highest BCUT2D eigenvalue weighted by atomic mass is 35.5. The molecule has 184 valence electrons. The fourth-order valence-electron chi connectivity index (χ4n) is 3.73. The number of carbonyl (C=O) groups excluding carboxylic acids is 3. The number of hydrogen-bond acceptors (Lipinski definition) is 4. The Bertz CT molecular complexity index is 1340. The van der Waals surface area contributed by atoms with Crippen molar-refractivity contribution in [3.8, 4) is 0 Å². The van der Waals surface area contributed by atoms with Crippen molar-refractivity contribution < 1.29 is 18.8 Å². The van der Waals surface area contributed by atoms with E-state index in [4.69, 9.17) is 23.8 Å². The molecule has 2 N–H and O–H groups in total. The molecule has 36 heavy (non-hydrogen) atoms. The van der Waals surface area contributed by atoms with E-state index in [1.807, 2.05) is 37.3 Å². The van der Waals surface area contributed by atoms with Crippen molar-refractivity contribution in [2.45, 2.75) is 25.9 Å². The summed E-state index contributed by atoms with van der Waals surface area (Å²) in [5.74, 6) is -2.16. The zero-order valence-corrected chi connectivity index (χ0v) is 20.8. The molecule has 1 atom stereocenters. The molecular weight excluding hydrogens is 503 g/mol. The van der Waals surface area contributed by atoms with E-state index >= 15 is 0 Å². The Kier molecular flexibility index (Phi) is 7.61. The number of thiocarbonyl (C=S) groups is 1. The summed E-state index contributed by atoms with van der Waals surface area (Å²) in [7, 11) is 0. The van der Waals surface area contributed by atoms with Gasteiger partial charge >= 0.3 is 0 Å². The van der Waals surface area contributed by atoms with E-state index in [2.05, 4.69) is 10.7 Å². The maximum atomic E-state index is 13.6. The molecular formula is C26H22ClFN4O3S. The van der Waals surface area contributed by atoms with Gasteiger partial charge in [-0.05, 0) is 60.6 Å². The first-order valence-corrected chi connectivity index (χ1v) is 11.8. The molecule has 0 radical (unpaired) electrons. The van der Waals surface area contributed by atoms with E-state index in [-0.39, 0.29) is 23.6 Å². The van der Waals surface area contributed by atoms with Crippen LogP contribution < -0.4 is 10.7 Å². The fraction of sp³-hybridized carbons (Fsp3) is 0.154. The third-order valence-electron chi connectivity index (χ3n) is 5.63. The Balaban J connectivity index is 1.56. The Morgan fingerprint density at radius 3 is 2.50 bits per heavy atom. The maximum absolute atomic E-state index is 13.6. The molecule has 10 heteroatoms. The lowest BCUT2D eigenvalue weighted by Gasteiger charge is -2.24. The molecule has 0 aliphatic carbocycles. The standard InChI is InChI=1S/C26H22ClFN4O3S/c1-16-10-11-20(13-21(16)27)29-23(33)14-22-25(35)31(15-17-6-3-2-4-7-17)26(36)32(22)30-24(34)18-8-5-9-19(28)12-18/h2-13,22H,14-15H2,1H3,(H,29,33)(H,30,34). The Hall–Kier alpha value is -3.82. The fourth-order valence-corrected chi connectivity index (χ4v) is 4.23. The largest absolute Gasteiger partial charge is 0.326 e. The van der Waals surface area contributed by atoms with Gasteiger partial charge in [-0.15, -0.1) is 0 Å². The zero-order chi connectivity index (χ0) is 25.8. The monoisotopic (exact) mass is 524 g/mol. The molecule has 0 saturated carbocycles. The van der Waals surface area contributed by atoms with Crippen LogP contribution in [0, 0.1) is 12.7 Å². The van der Waals surface area contributed by atoms with E-state index in [1.54, 1.807) is 18.2 Å². The average Bonchev–Trinajstić information content (AvgIpc) is 3.06. The summed E-state index contributed by atoms with van der Waals surface area (Å²) >= 11 is 11.7. The summed E-state index contributed by atoms with van der Waals surface area (Å²) in [4.78, 5) is 40.4. The predicted molar refractivity (Wildman–Crippen MR) is 139 cm³/mol. The molecule has 0 bridgehead atoms. The average molecular weight is 525 g/mol. The number of carbonyl (C=O) groups is 3. The molecule has 3 aromatic carbocycles.